The maximum Gasteiger partial charge on any atom is 0.424 e. The second-order valence-electron chi connectivity index (χ2n) is 9.36. The minimum atomic E-state index is -1.26. The SMILES string of the molecule is CC(C)(C)[C@H](NC(=O)c1ccccc1Cl)C(=O)[N+]1(C(=O)N[C@H](C=O)CC(=O)O)CCCCC1. The van der Waals surface area contributed by atoms with Gasteiger partial charge < -0.3 is 15.2 Å². The Labute approximate surface area is 198 Å². The Morgan fingerprint density at radius 3 is 2.21 bits per heavy atom. The van der Waals surface area contributed by atoms with Crippen LogP contribution in [0, 0.1) is 5.41 Å². The topological polar surface area (TPSA) is 130 Å². The molecule has 0 radical (unpaired) electrons. The van der Waals surface area contributed by atoms with Crippen molar-refractivity contribution in [2.75, 3.05) is 13.1 Å². The predicted octanol–water partition coefficient (Wildman–Crippen LogP) is 2.76. The van der Waals surface area contributed by atoms with Crippen molar-refractivity contribution in [3.63, 3.8) is 0 Å². The van der Waals surface area contributed by atoms with Crippen LogP contribution in [0.1, 0.15) is 56.8 Å². The highest BCUT2D eigenvalue weighted by Gasteiger charge is 2.52. The third-order valence-electron chi connectivity index (χ3n) is 5.76. The fourth-order valence-electron chi connectivity index (χ4n) is 3.93. The van der Waals surface area contributed by atoms with Gasteiger partial charge in [-0.15, -0.1) is 0 Å². The smallest absolute Gasteiger partial charge is 0.424 e. The van der Waals surface area contributed by atoms with Crippen molar-refractivity contribution in [2.45, 2.75) is 58.5 Å². The van der Waals surface area contributed by atoms with Gasteiger partial charge in [0.2, 0.25) is 0 Å². The number of urea groups is 1. The number of likely N-dealkylation sites (tertiary alicyclic amines) is 1. The molecule has 0 unspecified atom stereocenters. The number of nitrogens with one attached hydrogen (secondary N) is 2. The molecule has 4 amide bonds. The van der Waals surface area contributed by atoms with Crippen molar-refractivity contribution in [1.29, 1.82) is 0 Å². The van der Waals surface area contributed by atoms with Crippen molar-refractivity contribution in [3.8, 4) is 0 Å². The Morgan fingerprint density at radius 1 is 1.09 bits per heavy atom. The molecule has 9 nitrogen and oxygen atoms in total. The van der Waals surface area contributed by atoms with Crippen LogP contribution in [0.25, 0.3) is 0 Å². The van der Waals surface area contributed by atoms with Crippen molar-refractivity contribution >= 4 is 41.7 Å². The Hall–Kier alpha value is -2.78. The Bertz CT molecular complexity index is 921. The van der Waals surface area contributed by atoms with Gasteiger partial charge in [-0.2, -0.15) is 4.48 Å². The average Bonchev–Trinajstić information content (AvgIpc) is 2.75. The molecule has 0 aliphatic carbocycles. The zero-order chi connectivity index (χ0) is 24.8. The lowest BCUT2D eigenvalue weighted by Gasteiger charge is -2.41. The van der Waals surface area contributed by atoms with E-state index in [9.17, 15) is 24.0 Å². The minimum absolute atomic E-state index is 0.192. The first-order chi connectivity index (χ1) is 15.4. The van der Waals surface area contributed by atoms with Gasteiger partial charge in [-0.25, -0.2) is 9.59 Å². The quantitative estimate of drug-likeness (QED) is 0.406. The van der Waals surface area contributed by atoms with Gasteiger partial charge in [-0.3, -0.25) is 14.9 Å². The number of carbonyl (C=O) groups excluding carboxylic acids is 4. The van der Waals surface area contributed by atoms with Gasteiger partial charge in [-0.1, -0.05) is 44.5 Å². The molecule has 1 heterocycles. The molecule has 3 N–H and O–H groups in total. The van der Waals surface area contributed by atoms with Crippen LogP contribution in [0.15, 0.2) is 24.3 Å². The summed E-state index contributed by atoms with van der Waals surface area (Å²) < 4.78 is -0.616. The lowest BCUT2D eigenvalue weighted by molar-refractivity contribution is -0.781. The maximum atomic E-state index is 13.9. The summed E-state index contributed by atoms with van der Waals surface area (Å²) in [7, 11) is 0. The van der Waals surface area contributed by atoms with Crippen LogP contribution < -0.4 is 10.6 Å². The normalized spacial score (nSPS) is 17.3. The molecule has 1 aromatic rings. The molecule has 1 fully saturated rings. The molecular formula is C23H31ClN3O6+. The third-order valence-corrected chi connectivity index (χ3v) is 6.09. The van der Waals surface area contributed by atoms with E-state index in [-0.39, 0.29) is 23.7 Å². The molecule has 0 bridgehead atoms. The number of carbonyl (C=O) groups is 5. The summed E-state index contributed by atoms with van der Waals surface area (Å²) in [4.78, 5) is 62.5. The molecule has 1 aromatic carbocycles. The summed E-state index contributed by atoms with van der Waals surface area (Å²) in [5.74, 6) is -2.30. The number of halogens is 1. The summed E-state index contributed by atoms with van der Waals surface area (Å²) in [5.41, 5.74) is -0.541. The van der Waals surface area contributed by atoms with Crippen molar-refractivity contribution in [1.82, 2.24) is 10.6 Å². The van der Waals surface area contributed by atoms with E-state index in [2.05, 4.69) is 10.6 Å². The van der Waals surface area contributed by atoms with Crippen LogP contribution in [0.2, 0.25) is 5.02 Å². The summed E-state index contributed by atoms with van der Waals surface area (Å²) in [6.45, 7) is 5.72. The standard InChI is InChI=1S/C23H30ClN3O6/c1-23(2,3)19(26-20(31)16-9-5-6-10-17(16)24)21(32)27(11-7-4-8-12-27)22(33)25-15(14-28)13-18(29)30/h5-6,9-10,14-15,19H,4,7-8,11-13H2,1-3H3,(H2-,25,26,29,30,31,33)/p+1/t15-,19+/m0/s1. The molecule has 0 saturated carbocycles. The van der Waals surface area contributed by atoms with E-state index in [0.717, 1.165) is 6.42 Å². The zero-order valence-corrected chi connectivity index (χ0v) is 19.9. The fraction of sp³-hybridized carbons (Fsp3) is 0.522. The lowest BCUT2D eigenvalue weighted by atomic mass is 9.84. The summed E-state index contributed by atoms with van der Waals surface area (Å²) in [5, 5.41) is 14.4. The molecule has 1 saturated heterocycles. The first-order valence-corrected chi connectivity index (χ1v) is 11.2. The fourth-order valence-corrected chi connectivity index (χ4v) is 4.15. The number of imide groups is 1. The monoisotopic (exact) mass is 480 g/mol. The minimum Gasteiger partial charge on any atom is -0.481 e. The highest BCUT2D eigenvalue weighted by Crippen LogP contribution is 2.29. The van der Waals surface area contributed by atoms with E-state index >= 15 is 0 Å². The third kappa shape index (κ3) is 6.39. The zero-order valence-electron chi connectivity index (χ0n) is 19.1. The number of carboxylic acids is 1. The number of nitrogens with zero attached hydrogens (tertiary/aromatic N) is 1. The summed E-state index contributed by atoms with van der Waals surface area (Å²) >= 11 is 6.14. The van der Waals surface area contributed by atoms with E-state index in [0.29, 0.717) is 19.1 Å². The molecular weight excluding hydrogens is 450 g/mol. The number of rotatable bonds is 7. The van der Waals surface area contributed by atoms with Crippen LogP contribution in [0.3, 0.4) is 0 Å². The van der Waals surface area contributed by atoms with Gasteiger partial charge in [0, 0.05) is 0 Å². The van der Waals surface area contributed by atoms with Gasteiger partial charge in [0.25, 0.3) is 5.91 Å². The van der Waals surface area contributed by atoms with Gasteiger partial charge in [-0.05, 0) is 36.8 Å². The van der Waals surface area contributed by atoms with Gasteiger partial charge in [0.05, 0.1) is 30.1 Å². The van der Waals surface area contributed by atoms with Crippen LogP contribution >= 0.6 is 11.6 Å². The van der Waals surface area contributed by atoms with E-state index < -0.39 is 52.2 Å². The van der Waals surface area contributed by atoms with Crippen LogP contribution in [-0.2, 0) is 14.4 Å². The van der Waals surface area contributed by atoms with Gasteiger partial charge >= 0.3 is 17.9 Å². The van der Waals surface area contributed by atoms with Crippen molar-refractivity contribution in [2.24, 2.45) is 5.41 Å². The molecule has 0 aromatic heterocycles. The summed E-state index contributed by atoms with van der Waals surface area (Å²) in [6.07, 6.45) is 1.78. The number of benzene rings is 1. The van der Waals surface area contributed by atoms with E-state index in [4.69, 9.17) is 16.7 Å². The molecule has 2 atom stereocenters. The van der Waals surface area contributed by atoms with Crippen LogP contribution in [0.4, 0.5) is 4.79 Å². The Kier molecular flexibility index (Phi) is 8.74. The number of quaternary nitrogens is 1. The molecule has 2 rings (SSSR count). The molecule has 1 aliphatic heterocycles. The number of aldehydes is 1. The average molecular weight is 481 g/mol. The van der Waals surface area contributed by atoms with E-state index in [1.807, 2.05) is 0 Å². The van der Waals surface area contributed by atoms with E-state index in [1.165, 1.54) is 0 Å². The molecule has 33 heavy (non-hydrogen) atoms. The number of carboxylic acid groups (broad SMARTS) is 1. The number of piperidine rings is 1. The highest BCUT2D eigenvalue weighted by atomic mass is 35.5. The second-order valence-corrected chi connectivity index (χ2v) is 9.76. The van der Waals surface area contributed by atoms with Crippen molar-refractivity contribution in [3.05, 3.63) is 34.9 Å². The second kappa shape index (κ2) is 10.9. The predicted molar refractivity (Wildman–Crippen MR) is 122 cm³/mol. The first-order valence-electron chi connectivity index (χ1n) is 10.9. The summed E-state index contributed by atoms with van der Waals surface area (Å²) in [6, 6.07) is 3.41. The van der Waals surface area contributed by atoms with Crippen molar-refractivity contribution < 1.29 is 33.6 Å². The Morgan fingerprint density at radius 2 is 1.70 bits per heavy atom. The lowest BCUT2D eigenvalue weighted by Crippen LogP contribution is -2.70. The Balaban J connectivity index is 2.39. The number of amides is 4. The molecule has 10 heteroatoms. The maximum absolute atomic E-state index is 13.9. The molecule has 180 valence electrons. The van der Waals surface area contributed by atoms with E-state index in [1.54, 1.807) is 45.0 Å². The van der Waals surface area contributed by atoms with Gasteiger partial charge in [0.1, 0.15) is 12.3 Å². The number of hydrogen-bond donors (Lipinski definition) is 3. The number of aliphatic carboxylic acids is 1. The van der Waals surface area contributed by atoms with Gasteiger partial charge in [0.15, 0.2) is 6.04 Å². The largest absolute Gasteiger partial charge is 0.481 e. The van der Waals surface area contributed by atoms with Crippen LogP contribution in [-0.4, -0.2) is 64.9 Å². The number of hydrogen-bond acceptors (Lipinski definition) is 5. The molecule has 0 spiro atoms. The van der Waals surface area contributed by atoms with Crippen LogP contribution in [0.5, 0.6) is 0 Å². The first kappa shape index (κ1) is 26.5. The molecule has 1 aliphatic rings. The highest BCUT2D eigenvalue weighted by molar-refractivity contribution is 6.33.